The van der Waals surface area contributed by atoms with E-state index in [0.29, 0.717) is 29.1 Å². The molecule has 0 unspecified atom stereocenters. The number of methoxy groups -OCH3 is 1. The number of amides is 1. The maximum absolute atomic E-state index is 13.0. The fraction of sp³-hybridized carbons (Fsp3) is 0.208. The van der Waals surface area contributed by atoms with Crippen LogP contribution in [-0.2, 0) is 16.4 Å². The van der Waals surface area contributed by atoms with Crippen molar-refractivity contribution >= 4 is 27.3 Å². The Kier molecular flexibility index (Phi) is 5.69. The van der Waals surface area contributed by atoms with Crippen molar-refractivity contribution in [1.29, 1.82) is 0 Å². The zero-order valence-corrected chi connectivity index (χ0v) is 18.3. The number of hydrogen-bond donors (Lipinski definition) is 1. The summed E-state index contributed by atoms with van der Waals surface area (Å²) in [6.45, 7) is 2.37. The van der Waals surface area contributed by atoms with Crippen LogP contribution in [0.5, 0.6) is 5.75 Å². The van der Waals surface area contributed by atoms with Crippen molar-refractivity contribution in [3.8, 4) is 5.75 Å². The van der Waals surface area contributed by atoms with Crippen LogP contribution in [0.15, 0.2) is 71.6 Å². The highest BCUT2D eigenvalue weighted by Crippen LogP contribution is 2.32. The van der Waals surface area contributed by atoms with Crippen molar-refractivity contribution in [1.82, 2.24) is 0 Å². The first-order chi connectivity index (χ1) is 14.9. The van der Waals surface area contributed by atoms with E-state index in [1.807, 2.05) is 30.3 Å². The molecule has 31 heavy (non-hydrogen) atoms. The van der Waals surface area contributed by atoms with Crippen LogP contribution >= 0.6 is 0 Å². The largest absolute Gasteiger partial charge is 0.497 e. The first kappa shape index (κ1) is 20.9. The molecule has 1 N–H and O–H groups in total. The number of anilines is 2. The molecule has 3 aromatic carbocycles. The van der Waals surface area contributed by atoms with Gasteiger partial charge < -0.3 is 9.64 Å². The molecule has 0 saturated heterocycles. The van der Waals surface area contributed by atoms with Gasteiger partial charge in [-0.15, -0.1) is 0 Å². The lowest BCUT2D eigenvalue weighted by Gasteiger charge is -2.30. The number of nitrogens with zero attached hydrogens (tertiary/aromatic N) is 1. The van der Waals surface area contributed by atoms with E-state index in [4.69, 9.17) is 4.74 Å². The van der Waals surface area contributed by atoms with Crippen LogP contribution in [0.25, 0.3) is 0 Å². The lowest BCUT2D eigenvalue weighted by molar-refractivity contribution is 0.0985. The summed E-state index contributed by atoms with van der Waals surface area (Å²) in [6.07, 6.45) is 1.60. The Bertz CT molecular complexity index is 1220. The highest BCUT2D eigenvalue weighted by molar-refractivity contribution is 7.92. The Morgan fingerprint density at radius 3 is 2.52 bits per heavy atom. The number of carbonyl (C=O) groups excluding carboxylic acids is 1. The fourth-order valence-corrected chi connectivity index (χ4v) is 5.15. The van der Waals surface area contributed by atoms with E-state index >= 15 is 0 Å². The number of fused-ring (bicyclic) bond motifs is 1. The van der Waals surface area contributed by atoms with Gasteiger partial charge in [0.2, 0.25) is 0 Å². The number of nitrogens with one attached hydrogen (secondary N) is 1. The molecule has 3 aromatic rings. The summed E-state index contributed by atoms with van der Waals surface area (Å²) >= 11 is 0. The van der Waals surface area contributed by atoms with E-state index in [1.165, 1.54) is 6.07 Å². The molecule has 6 nitrogen and oxygen atoms in total. The SMILES string of the molecule is COc1ccc(S(=O)(=O)Nc2ccc3c(c2)CCCN3C(=O)c2ccccc2)c(C)c1. The van der Waals surface area contributed by atoms with Crippen molar-refractivity contribution in [2.75, 3.05) is 23.3 Å². The molecule has 160 valence electrons. The van der Waals surface area contributed by atoms with Crippen LogP contribution in [0, 0.1) is 6.92 Å². The molecule has 1 amide bonds. The zero-order chi connectivity index (χ0) is 22.0. The number of rotatable bonds is 5. The van der Waals surface area contributed by atoms with Gasteiger partial charge in [-0.3, -0.25) is 9.52 Å². The van der Waals surface area contributed by atoms with Crippen LogP contribution in [-0.4, -0.2) is 28.0 Å². The lowest BCUT2D eigenvalue weighted by Crippen LogP contribution is -2.35. The van der Waals surface area contributed by atoms with Crippen LogP contribution in [0.2, 0.25) is 0 Å². The fourth-order valence-electron chi connectivity index (χ4n) is 3.87. The monoisotopic (exact) mass is 436 g/mol. The van der Waals surface area contributed by atoms with E-state index in [1.54, 1.807) is 49.3 Å². The molecule has 0 spiro atoms. The average Bonchev–Trinajstić information content (AvgIpc) is 2.78. The highest BCUT2D eigenvalue weighted by Gasteiger charge is 2.25. The third kappa shape index (κ3) is 4.27. The van der Waals surface area contributed by atoms with Gasteiger partial charge in [-0.2, -0.15) is 0 Å². The predicted molar refractivity (Wildman–Crippen MR) is 121 cm³/mol. The molecule has 0 aromatic heterocycles. The highest BCUT2D eigenvalue weighted by atomic mass is 32.2. The Morgan fingerprint density at radius 1 is 1.03 bits per heavy atom. The van der Waals surface area contributed by atoms with E-state index in [-0.39, 0.29) is 10.8 Å². The van der Waals surface area contributed by atoms with Gasteiger partial charge in [0.15, 0.2) is 0 Å². The van der Waals surface area contributed by atoms with E-state index < -0.39 is 10.0 Å². The van der Waals surface area contributed by atoms with E-state index in [2.05, 4.69) is 4.72 Å². The van der Waals surface area contributed by atoms with Crippen LogP contribution in [0.4, 0.5) is 11.4 Å². The van der Waals surface area contributed by atoms with Gasteiger partial charge in [0.1, 0.15) is 5.75 Å². The van der Waals surface area contributed by atoms with Gasteiger partial charge in [-0.1, -0.05) is 18.2 Å². The molecular weight excluding hydrogens is 412 g/mol. The molecule has 4 rings (SSSR count). The Balaban J connectivity index is 1.60. The van der Waals surface area contributed by atoms with Gasteiger partial charge in [0, 0.05) is 23.5 Å². The van der Waals surface area contributed by atoms with E-state index in [9.17, 15) is 13.2 Å². The topological polar surface area (TPSA) is 75.7 Å². The summed E-state index contributed by atoms with van der Waals surface area (Å²) in [6, 6.07) is 19.4. The second kappa shape index (κ2) is 8.43. The Morgan fingerprint density at radius 2 is 1.81 bits per heavy atom. The zero-order valence-electron chi connectivity index (χ0n) is 17.5. The number of aryl methyl sites for hydroxylation is 2. The van der Waals surface area contributed by atoms with E-state index in [0.717, 1.165) is 24.1 Å². The normalized spacial score (nSPS) is 13.4. The van der Waals surface area contributed by atoms with Crippen molar-refractivity contribution in [2.45, 2.75) is 24.7 Å². The smallest absolute Gasteiger partial charge is 0.262 e. The molecule has 0 atom stereocenters. The summed E-state index contributed by atoms with van der Waals surface area (Å²) in [5.41, 5.74) is 3.48. The molecule has 1 aliphatic rings. The first-order valence-corrected chi connectivity index (χ1v) is 11.5. The molecule has 7 heteroatoms. The van der Waals surface area contributed by atoms with Gasteiger partial charge in [-0.25, -0.2) is 8.42 Å². The Hall–Kier alpha value is -3.32. The average molecular weight is 437 g/mol. The Labute approximate surface area is 182 Å². The second-order valence-corrected chi connectivity index (χ2v) is 9.16. The number of benzene rings is 3. The summed E-state index contributed by atoms with van der Waals surface area (Å²) in [7, 11) is -2.21. The van der Waals surface area contributed by atoms with Crippen LogP contribution in [0.1, 0.15) is 27.9 Å². The van der Waals surface area contributed by atoms with Gasteiger partial charge in [0.25, 0.3) is 15.9 Å². The first-order valence-electron chi connectivity index (χ1n) is 10.1. The third-order valence-corrected chi connectivity index (χ3v) is 6.93. The molecule has 0 saturated carbocycles. The summed E-state index contributed by atoms with van der Waals surface area (Å²) < 4.78 is 33.7. The van der Waals surface area contributed by atoms with Gasteiger partial charge in [0.05, 0.1) is 12.0 Å². The number of carbonyl (C=O) groups is 1. The molecule has 0 bridgehead atoms. The number of sulfonamides is 1. The van der Waals surface area contributed by atoms with Crippen molar-refractivity contribution in [2.24, 2.45) is 0 Å². The molecule has 1 aliphatic heterocycles. The summed E-state index contributed by atoms with van der Waals surface area (Å²) in [4.78, 5) is 14.9. The van der Waals surface area contributed by atoms with Crippen molar-refractivity contribution in [3.05, 3.63) is 83.4 Å². The molecule has 1 heterocycles. The van der Waals surface area contributed by atoms with Crippen LogP contribution < -0.4 is 14.4 Å². The minimum absolute atomic E-state index is 0.0521. The standard InChI is InChI=1S/C24H24N2O4S/c1-17-15-21(30-2)11-13-23(17)31(28,29)25-20-10-12-22-19(16-20)9-6-14-26(22)24(27)18-7-4-3-5-8-18/h3-5,7-8,10-13,15-16,25H,6,9,14H2,1-2H3. The maximum Gasteiger partial charge on any atom is 0.262 e. The minimum Gasteiger partial charge on any atom is -0.497 e. The molecule has 0 fully saturated rings. The number of hydrogen-bond acceptors (Lipinski definition) is 4. The van der Waals surface area contributed by atoms with Gasteiger partial charge >= 0.3 is 0 Å². The summed E-state index contributed by atoms with van der Waals surface area (Å²) in [5.74, 6) is 0.553. The quantitative estimate of drug-likeness (QED) is 0.643. The minimum atomic E-state index is -3.75. The van der Waals surface area contributed by atoms with Gasteiger partial charge in [-0.05, 0) is 79.4 Å². The number of ether oxygens (including phenoxy) is 1. The maximum atomic E-state index is 13.0. The third-order valence-electron chi connectivity index (χ3n) is 5.39. The molecule has 0 aliphatic carbocycles. The van der Waals surface area contributed by atoms with Crippen LogP contribution in [0.3, 0.4) is 0 Å². The van der Waals surface area contributed by atoms with Crippen molar-refractivity contribution in [3.63, 3.8) is 0 Å². The summed E-state index contributed by atoms with van der Waals surface area (Å²) in [5, 5.41) is 0. The predicted octanol–water partition coefficient (Wildman–Crippen LogP) is 4.40. The molecular formula is C24H24N2O4S. The second-order valence-electron chi connectivity index (χ2n) is 7.51. The molecule has 0 radical (unpaired) electrons. The van der Waals surface area contributed by atoms with Crippen molar-refractivity contribution < 1.29 is 17.9 Å². The lowest BCUT2D eigenvalue weighted by atomic mass is 10.00.